The van der Waals surface area contributed by atoms with Crippen LogP contribution in [0.2, 0.25) is 0 Å². The Morgan fingerprint density at radius 1 is 1.06 bits per heavy atom. The summed E-state index contributed by atoms with van der Waals surface area (Å²) in [5.41, 5.74) is 1.33. The summed E-state index contributed by atoms with van der Waals surface area (Å²) < 4.78 is 0. The summed E-state index contributed by atoms with van der Waals surface area (Å²) in [5.74, 6) is 0. The highest BCUT2D eigenvalue weighted by Crippen LogP contribution is 2.01. The molecule has 1 heterocycles. The van der Waals surface area contributed by atoms with E-state index in [2.05, 4.69) is 29.8 Å². The van der Waals surface area contributed by atoms with Crippen LogP contribution in [0.5, 0.6) is 0 Å². The van der Waals surface area contributed by atoms with Crippen molar-refractivity contribution in [3.8, 4) is 0 Å². The maximum absolute atomic E-state index is 3.79. The maximum atomic E-state index is 3.79. The molecule has 1 N–H and O–H groups in total. The second-order valence-electron chi connectivity index (χ2n) is 3.09. The Bertz CT molecular complexity index is 168. The van der Waals surface area contributed by atoms with Crippen LogP contribution in [-0.2, 0) is 0 Å². The molecule has 1 saturated heterocycles. The lowest BCUT2D eigenvalue weighted by Crippen LogP contribution is -2.44. The normalized spacial score (nSPS) is 14.9. The number of hydrogen-bond donors (Lipinski definition) is 1. The Kier molecular flexibility index (Phi) is 27.2. The van der Waals surface area contributed by atoms with Gasteiger partial charge in [0.25, 0.3) is 0 Å². The molecule has 2 heteroatoms. The fraction of sp³-hybridized carbons (Fsp3) is 0.750. The van der Waals surface area contributed by atoms with Crippen molar-refractivity contribution in [2.75, 3.05) is 32.7 Å². The van der Waals surface area contributed by atoms with Crippen LogP contribution in [-0.4, -0.2) is 37.6 Å². The van der Waals surface area contributed by atoms with Crippen molar-refractivity contribution in [2.24, 2.45) is 0 Å². The smallest absolute Gasteiger partial charge is 0.0231 e. The first-order chi connectivity index (χ1) is 8.86. The van der Waals surface area contributed by atoms with Gasteiger partial charge < -0.3 is 5.32 Å². The lowest BCUT2D eigenvalue weighted by atomic mass is 10.2. The van der Waals surface area contributed by atoms with Crippen LogP contribution in [0.15, 0.2) is 24.3 Å². The fourth-order valence-corrected chi connectivity index (χ4v) is 1.40. The van der Waals surface area contributed by atoms with Gasteiger partial charge in [0.15, 0.2) is 0 Å². The van der Waals surface area contributed by atoms with Crippen molar-refractivity contribution in [1.82, 2.24) is 10.2 Å². The minimum absolute atomic E-state index is 1.06. The first kappa shape index (κ1) is 22.6. The number of hydrogen-bond acceptors (Lipinski definition) is 2. The zero-order valence-electron chi connectivity index (χ0n) is 13.8. The van der Waals surface area contributed by atoms with Gasteiger partial charge >= 0.3 is 0 Å². The second kappa shape index (κ2) is 21.7. The zero-order valence-corrected chi connectivity index (χ0v) is 13.8. The molecular formula is C16H36N2. The quantitative estimate of drug-likeness (QED) is 0.765. The largest absolute Gasteiger partial charge is 0.314 e. The van der Waals surface area contributed by atoms with Gasteiger partial charge in [-0.25, -0.2) is 0 Å². The lowest BCUT2D eigenvalue weighted by Gasteiger charge is -2.27. The molecule has 18 heavy (non-hydrogen) atoms. The number of allylic oxidation sites excluding steroid dienone is 1. The third kappa shape index (κ3) is 13.5. The van der Waals surface area contributed by atoms with Crippen LogP contribution in [0.25, 0.3) is 0 Å². The molecule has 0 aliphatic carbocycles. The van der Waals surface area contributed by atoms with E-state index >= 15 is 0 Å². The number of nitrogens with one attached hydrogen (secondary N) is 1. The van der Waals surface area contributed by atoms with E-state index in [1.807, 2.05) is 47.6 Å². The third-order valence-corrected chi connectivity index (χ3v) is 2.25. The van der Waals surface area contributed by atoms with E-state index < -0.39 is 0 Å². The van der Waals surface area contributed by atoms with Crippen molar-refractivity contribution in [2.45, 2.75) is 48.5 Å². The summed E-state index contributed by atoms with van der Waals surface area (Å²) in [6, 6.07) is 0. The second-order valence-corrected chi connectivity index (χ2v) is 3.09. The number of nitrogens with zero attached hydrogens (tertiary/aromatic N) is 1. The van der Waals surface area contributed by atoms with Crippen molar-refractivity contribution in [3.05, 3.63) is 24.3 Å². The van der Waals surface area contributed by atoms with Crippen LogP contribution in [0.4, 0.5) is 0 Å². The SMILES string of the molecule is C=C/C(=C\C)CN1CCNCC1.CC.CC.CC. The average Bonchev–Trinajstić information content (AvgIpc) is 2.52. The molecule has 0 amide bonds. The molecule has 0 bridgehead atoms. The number of rotatable bonds is 3. The maximum Gasteiger partial charge on any atom is 0.0231 e. The summed E-state index contributed by atoms with van der Waals surface area (Å²) in [5, 5.41) is 3.34. The highest BCUT2D eigenvalue weighted by atomic mass is 15.2. The topological polar surface area (TPSA) is 15.3 Å². The molecule has 1 rings (SSSR count). The van der Waals surface area contributed by atoms with Gasteiger partial charge in [0.2, 0.25) is 0 Å². The summed E-state index contributed by atoms with van der Waals surface area (Å²) in [4.78, 5) is 2.45. The Labute approximate surface area is 116 Å². The molecule has 0 unspecified atom stereocenters. The van der Waals surface area contributed by atoms with E-state index in [0.29, 0.717) is 0 Å². The molecule has 0 aromatic rings. The molecule has 0 aromatic carbocycles. The first-order valence-corrected chi connectivity index (χ1v) is 7.57. The molecule has 1 aliphatic heterocycles. The Hall–Kier alpha value is -0.600. The first-order valence-electron chi connectivity index (χ1n) is 7.57. The van der Waals surface area contributed by atoms with E-state index in [1.165, 1.54) is 5.57 Å². The van der Waals surface area contributed by atoms with Crippen LogP contribution in [0.3, 0.4) is 0 Å². The average molecular weight is 256 g/mol. The Morgan fingerprint density at radius 2 is 1.50 bits per heavy atom. The number of piperazine rings is 1. The Balaban J connectivity index is -0.000000328. The fourth-order valence-electron chi connectivity index (χ4n) is 1.40. The van der Waals surface area contributed by atoms with Gasteiger partial charge in [-0.2, -0.15) is 0 Å². The van der Waals surface area contributed by atoms with Gasteiger partial charge in [-0.3, -0.25) is 4.90 Å². The minimum atomic E-state index is 1.06. The predicted octanol–water partition coefficient (Wildman–Crippen LogP) is 4.10. The van der Waals surface area contributed by atoms with Gasteiger partial charge in [0.1, 0.15) is 0 Å². The molecule has 0 aromatic heterocycles. The van der Waals surface area contributed by atoms with Crippen LogP contribution < -0.4 is 5.32 Å². The molecule has 0 spiro atoms. The molecule has 0 radical (unpaired) electrons. The minimum Gasteiger partial charge on any atom is -0.314 e. The van der Waals surface area contributed by atoms with E-state index in [9.17, 15) is 0 Å². The standard InChI is InChI=1S/C10H18N2.3C2H6/c1-3-10(4-2)9-12-7-5-11-6-8-12;3*1-2/h3-4,11H,1,5-9H2,2H3;3*1-2H3/b10-4+;;;. The summed E-state index contributed by atoms with van der Waals surface area (Å²) in [6.07, 6.45) is 4.08. The van der Waals surface area contributed by atoms with Crippen LogP contribution in [0.1, 0.15) is 48.5 Å². The monoisotopic (exact) mass is 256 g/mol. The molecular weight excluding hydrogens is 220 g/mol. The van der Waals surface area contributed by atoms with Gasteiger partial charge in [0, 0.05) is 32.7 Å². The van der Waals surface area contributed by atoms with Gasteiger partial charge in [0.05, 0.1) is 0 Å². The highest BCUT2D eigenvalue weighted by Gasteiger charge is 2.08. The Morgan fingerprint density at radius 3 is 1.83 bits per heavy atom. The highest BCUT2D eigenvalue weighted by molar-refractivity contribution is 5.16. The summed E-state index contributed by atoms with van der Waals surface area (Å²) in [7, 11) is 0. The van der Waals surface area contributed by atoms with E-state index in [-0.39, 0.29) is 0 Å². The van der Waals surface area contributed by atoms with Crippen LogP contribution >= 0.6 is 0 Å². The lowest BCUT2D eigenvalue weighted by molar-refractivity contribution is 0.261. The van der Waals surface area contributed by atoms with Crippen molar-refractivity contribution < 1.29 is 0 Å². The molecule has 0 saturated carbocycles. The molecule has 110 valence electrons. The van der Waals surface area contributed by atoms with Gasteiger partial charge in [-0.1, -0.05) is 60.3 Å². The summed E-state index contributed by atoms with van der Waals surface area (Å²) in [6.45, 7) is 23.5. The van der Waals surface area contributed by atoms with E-state index in [1.54, 1.807) is 0 Å². The molecule has 2 nitrogen and oxygen atoms in total. The third-order valence-electron chi connectivity index (χ3n) is 2.25. The van der Waals surface area contributed by atoms with E-state index in [0.717, 1.165) is 32.7 Å². The van der Waals surface area contributed by atoms with E-state index in [4.69, 9.17) is 0 Å². The predicted molar refractivity (Wildman–Crippen MR) is 87.3 cm³/mol. The molecule has 0 atom stereocenters. The zero-order chi connectivity index (χ0) is 14.8. The van der Waals surface area contributed by atoms with Gasteiger partial charge in [-0.05, 0) is 12.5 Å². The van der Waals surface area contributed by atoms with Crippen molar-refractivity contribution in [1.29, 1.82) is 0 Å². The molecule has 1 fully saturated rings. The summed E-state index contributed by atoms with van der Waals surface area (Å²) >= 11 is 0. The van der Waals surface area contributed by atoms with Crippen molar-refractivity contribution in [3.63, 3.8) is 0 Å². The van der Waals surface area contributed by atoms with Crippen LogP contribution in [0, 0.1) is 0 Å². The van der Waals surface area contributed by atoms with Crippen molar-refractivity contribution >= 4 is 0 Å². The molecule has 1 aliphatic rings. The van der Waals surface area contributed by atoms with Gasteiger partial charge in [-0.15, -0.1) is 0 Å².